The van der Waals surface area contributed by atoms with Crippen LogP contribution in [0.15, 0.2) is 53.4 Å². The number of hydrogen-bond acceptors (Lipinski definition) is 5. The molecular weight excluding hydrogens is 398 g/mol. The fourth-order valence-corrected chi connectivity index (χ4v) is 4.86. The topological polar surface area (TPSA) is 78.5 Å². The molecule has 0 radical (unpaired) electrons. The Hall–Kier alpha value is -2.38. The molecule has 0 spiro atoms. The second-order valence-corrected chi connectivity index (χ2v) is 10.0. The molecule has 162 valence electrons. The number of carbonyl (C=O) groups is 1. The highest BCUT2D eigenvalue weighted by atomic mass is 32.2. The molecule has 0 heterocycles. The van der Waals surface area contributed by atoms with E-state index in [0.29, 0.717) is 11.7 Å². The summed E-state index contributed by atoms with van der Waals surface area (Å²) in [5.74, 6) is -0.290. The Morgan fingerprint density at radius 2 is 1.63 bits per heavy atom. The maximum atomic E-state index is 12.5. The number of sulfone groups is 1. The maximum absolute atomic E-state index is 12.5. The van der Waals surface area contributed by atoms with Crippen LogP contribution in [0, 0.1) is 0 Å². The van der Waals surface area contributed by atoms with Crippen LogP contribution in [0.3, 0.4) is 0 Å². The molecule has 0 aromatic heterocycles. The van der Waals surface area contributed by atoms with E-state index in [1.165, 1.54) is 38.2 Å². The van der Waals surface area contributed by atoms with Gasteiger partial charge in [-0.3, -0.25) is 9.69 Å². The first-order valence-corrected chi connectivity index (χ1v) is 12.3. The van der Waals surface area contributed by atoms with Gasteiger partial charge in [0.25, 0.3) is 0 Å². The lowest BCUT2D eigenvalue weighted by Gasteiger charge is -2.31. The van der Waals surface area contributed by atoms with Crippen molar-refractivity contribution in [3.63, 3.8) is 0 Å². The molecule has 2 aromatic carbocycles. The van der Waals surface area contributed by atoms with E-state index in [0.717, 1.165) is 24.1 Å². The van der Waals surface area contributed by atoms with Crippen LogP contribution in [-0.4, -0.2) is 45.1 Å². The SMILES string of the molecule is CN(Cc1ccccc1NCC(=O)Nc1ccccc1S(C)(=O)=O)C1CCCCC1. The van der Waals surface area contributed by atoms with Crippen molar-refractivity contribution in [2.45, 2.75) is 49.6 Å². The standard InChI is InChI=1S/C23H31N3O3S/c1-26(19-11-4-3-5-12-19)17-18-10-6-7-13-20(18)24-16-23(27)25-21-14-8-9-15-22(21)30(2,28)29/h6-10,13-15,19,24H,3-5,11-12,16-17H2,1-2H3,(H,25,27). The molecule has 7 heteroatoms. The number of rotatable bonds is 8. The van der Waals surface area contributed by atoms with Gasteiger partial charge in [0.05, 0.1) is 17.1 Å². The van der Waals surface area contributed by atoms with Gasteiger partial charge in [0, 0.05) is 24.5 Å². The number of anilines is 2. The zero-order chi connectivity index (χ0) is 21.6. The zero-order valence-corrected chi connectivity index (χ0v) is 18.5. The molecule has 30 heavy (non-hydrogen) atoms. The molecule has 0 atom stereocenters. The molecule has 1 aliphatic rings. The predicted octanol–water partition coefficient (Wildman–Crippen LogP) is 3.91. The Kier molecular flexibility index (Phi) is 7.50. The molecule has 0 saturated heterocycles. The van der Waals surface area contributed by atoms with Crippen LogP contribution in [0.5, 0.6) is 0 Å². The number of carbonyl (C=O) groups excluding carboxylic acids is 1. The second kappa shape index (κ2) is 10.1. The van der Waals surface area contributed by atoms with Gasteiger partial charge in [-0.25, -0.2) is 8.42 Å². The Morgan fingerprint density at radius 3 is 2.33 bits per heavy atom. The highest BCUT2D eigenvalue weighted by molar-refractivity contribution is 7.90. The number of benzene rings is 2. The molecular formula is C23H31N3O3S. The van der Waals surface area contributed by atoms with Crippen LogP contribution in [0.1, 0.15) is 37.7 Å². The van der Waals surface area contributed by atoms with Gasteiger partial charge in [-0.1, -0.05) is 49.6 Å². The average Bonchev–Trinajstić information content (AvgIpc) is 2.73. The minimum Gasteiger partial charge on any atom is -0.376 e. The van der Waals surface area contributed by atoms with E-state index in [1.807, 2.05) is 18.2 Å². The molecule has 6 nitrogen and oxygen atoms in total. The Bertz CT molecular complexity index is 969. The smallest absolute Gasteiger partial charge is 0.243 e. The molecule has 1 saturated carbocycles. The van der Waals surface area contributed by atoms with Crippen molar-refractivity contribution in [3.05, 3.63) is 54.1 Å². The number of nitrogens with zero attached hydrogens (tertiary/aromatic N) is 1. The summed E-state index contributed by atoms with van der Waals surface area (Å²) < 4.78 is 23.8. The Morgan fingerprint density at radius 1 is 1.00 bits per heavy atom. The van der Waals surface area contributed by atoms with Crippen LogP contribution in [-0.2, 0) is 21.2 Å². The summed E-state index contributed by atoms with van der Waals surface area (Å²) in [6.45, 7) is 0.884. The lowest BCUT2D eigenvalue weighted by atomic mass is 9.94. The van der Waals surface area contributed by atoms with Gasteiger partial charge in [-0.15, -0.1) is 0 Å². The first-order valence-electron chi connectivity index (χ1n) is 10.5. The average molecular weight is 430 g/mol. The van der Waals surface area contributed by atoms with Crippen LogP contribution >= 0.6 is 0 Å². The highest BCUT2D eigenvalue weighted by Crippen LogP contribution is 2.25. The summed E-state index contributed by atoms with van der Waals surface area (Å²) >= 11 is 0. The minimum atomic E-state index is -3.42. The largest absolute Gasteiger partial charge is 0.376 e. The summed E-state index contributed by atoms with van der Waals surface area (Å²) in [6, 6.07) is 15.1. The third kappa shape index (κ3) is 6.06. The van der Waals surface area contributed by atoms with Crippen molar-refractivity contribution in [2.24, 2.45) is 0 Å². The second-order valence-electron chi connectivity index (χ2n) is 8.03. The minimum absolute atomic E-state index is 0.0578. The van der Waals surface area contributed by atoms with E-state index in [2.05, 4.69) is 28.6 Å². The summed E-state index contributed by atoms with van der Waals surface area (Å²) in [5, 5.41) is 5.92. The molecule has 1 fully saturated rings. The van der Waals surface area contributed by atoms with E-state index in [1.54, 1.807) is 18.2 Å². The molecule has 3 rings (SSSR count). The Balaban J connectivity index is 1.62. The molecule has 2 aromatic rings. The van der Waals surface area contributed by atoms with Crippen molar-refractivity contribution in [1.82, 2.24) is 4.90 Å². The van der Waals surface area contributed by atoms with Gasteiger partial charge in [0.1, 0.15) is 0 Å². The third-order valence-electron chi connectivity index (χ3n) is 5.64. The molecule has 1 aliphatic carbocycles. The maximum Gasteiger partial charge on any atom is 0.243 e. The number of amides is 1. The Labute approximate surface area is 179 Å². The van der Waals surface area contributed by atoms with E-state index in [9.17, 15) is 13.2 Å². The monoisotopic (exact) mass is 429 g/mol. The molecule has 0 unspecified atom stereocenters. The fraction of sp³-hybridized carbons (Fsp3) is 0.435. The van der Waals surface area contributed by atoms with Crippen molar-refractivity contribution < 1.29 is 13.2 Å². The van der Waals surface area contributed by atoms with Crippen molar-refractivity contribution in [2.75, 3.05) is 30.5 Å². The summed E-state index contributed by atoms with van der Waals surface area (Å²) in [7, 11) is -1.25. The normalized spacial score (nSPS) is 15.2. The summed E-state index contributed by atoms with van der Waals surface area (Å²) in [5.41, 5.74) is 2.37. The lowest BCUT2D eigenvalue weighted by molar-refractivity contribution is -0.114. The van der Waals surface area contributed by atoms with Crippen LogP contribution in [0.25, 0.3) is 0 Å². The highest BCUT2D eigenvalue weighted by Gasteiger charge is 2.19. The van der Waals surface area contributed by atoms with Crippen LogP contribution < -0.4 is 10.6 Å². The van der Waals surface area contributed by atoms with Crippen molar-refractivity contribution in [1.29, 1.82) is 0 Å². The van der Waals surface area contributed by atoms with Gasteiger partial charge in [-0.05, 0) is 43.7 Å². The lowest BCUT2D eigenvalue weighted by Crippen LogP contribution is -2.33. The van der Waals surface area contributed by atoms with Crippen molar-refractivity contribution in [3.8, 4) is 0 Å². The van der Waals surface area contributed by atoms with E-state index in [4.69, 9.17) is 0 Å². The number of para-hydroxylation sites is 2. The van der Waals surface area contributed by atoms with E-state index in [-0.39, 0.29) is 17.3 Å². The van der Waals surface area contributed by atoms with E-state index < -0.39 is 9.84 Å². The quantitative estimate of drug-likeness (QED) is 0.665. The molecule has 0 aliphatic heterocycles. The van der Waals surface area contributed by atoms with Crippen molar-refractivity contribution >= 4 is 27.1 Å². The first kappa shape index (κ1) is 22.3. The zero-order valence-electron chi connectivity index (χ0n) is 17.7. The van der Waals surface area contributed by atoms with Gasteiger partial charge < -0.3 is 10.6 Å². The summed E-state index contributed by atoms with van der Waals surface area (Å²) in [6.07, 6.45) is 7.55. The van der Waals surface area contributed by atoms with Crippen LogP contribution in [0.2, 0.25) is 0 Å². The molecule has 0 bridgehead atoms. The number of nitrogens with one attached hydrogen (secondary N) is 2. The van der Waals surface area contributed by atoms with E-state index >= 15 is 0 Å². The third-order valence-corrected chi connectivity index (χ3v) is 6.79. The first-order chi connectivity index (χ1) is 14.3. The number of hydrogen-bond donors (Lipinski definition) is 2. The van der Waals surface area contributed by atoms with Gasteiger partial charge in [-0.2, -0.15) is 0 Å². The van der Waals surface area contributed by atoms with Crippen LogP contribution in [0.4, 0.5) is 11.4 Å². The molecule has 2 N–H and O–H groups in total. The van der Waals surface area contributed by atoms with Gasteiger partial charge >= 0.3 is 0 Å². The predicted molar refractivity (Wildman–Crippen MR) is 121 cm³/mol. The summed E-state index contributed by atoms with van der Waals surface area (Å²) in [4.78, 5) is 15.0. The molecule has 1 amide bonds. The van der Waals surface area contributed by atoms with Gasteiger partial charge in [0.2, 0.25) is 5.91 Å². The fourth-order valence-electron chi connectivity index (χ4n) is 4.01. The van der Waals surface area contributed by atoms with Gasteiger partial charge in [0.15, 0.2) is 9.84 Å².